The van der Waals surface area contributed by atoms with Gasteiger partial charge in [0.15, 0.2) is 0 Å². The number of aryl methyl sites for hydroxylation is 1. The predicted octanol–water partition coefficient (Wildman–Crippen LogP) is 0.183. The van der Waals surface area contributed by atoms with Crippen molar-refractivity contribution in [2.24, 2.45) is 7.05 Å². The summed E-state index contributed by atoms with van der Waals surface area (Å²) in [7, 11) is 6.26. The van der Waals surface area contributed by atoms with Gasteiger partial charge in [-0.05, 0) is 14.1 Å². The molecule has 0 saturated carbocycles. The minimum atomic E-state index is 1.07. The zero-order valence-electron chi connectivity index (χ0n) is 8.41. The molecule has 3 nitrogen and oxygen atoms in total. The van der Waals surface area contributed by atoms with Crippen LogP contribution < -0.4 is 4.57 Å². The molecule has 0 N–H and O–H groups in total. The van der Waals surface area contributed by atoms with E-state index in [0.29, 0.717) is 0 Å². The monoisotopic (exact) mass is 168 g/mol. The van der Waals surface area contributed by atoms with Gasteiger partial charge >= 0.3 is 0 Å². The number of rotatable bonds is 3. The molecule has 1 heterocycles. The molecule has 0 radical (unpaired) electrons. The normalized spacial score (nSPS) is 11.1. The van der Waals surface area contributed by atoms with Crippen molar-refractivity contribution in [1.82, 2.24) is 9.47 Å². The summed E-state index contributed by atoms with van der Waals surface area (Å²) in [6, 6.07) is 0. The molecule has 0 spiro atoms. The first-order valence-electron chi connectivity index (χ1n) is 4.27. The summed E-state index contributed by atoms with van der Waals surface area (Å²) < 4.78 is 4.40. The molecular weight excluding hydrogens is 150 g/mol. The molecule has 0 atom stereocenters. The minimum Gasteiger partial charge on any atom is -0.305 e. The second kappa shape index (κ2) is 3.72. The lowest BCUT2D eigenvalue weighted by molar-refractivity contribution is -0.677. The molecule has 1 aromatic heterocycles. The lowest BCUT2D eigenvalue weighted by Gasteiger charge is -2.07. The van der Waals surface area contributed by atoms with Crippen molar-refractivity contribution in [1.29, 1.82) is 0 Å². The van der Waals surface area contributed by atoms with E-state index in [2.05, 4.69) is 54.5 Å². The maximum atomic E-state index is 2.26. The Balaban J connectivity index is 2.58. The number of aromatic nitrogens is 2. The van der Waals surface area contributed by atoms with Crippen molar-refractivity contribution in [3.05, 3.63) is 18.2 Å². The molecule has 0 fully saturated rings. The van der Waals surface area contributed by atoms with Crippen LogP contribution in [0.4, 0.5) is 0 Å². The molecule has 0 bridgehead atoms. The Kier molecular flexibility index (Phi) is 2.87. The van der Waals surface area contributed by atoms with E-state index < -0.39 is 0 Å². The van der Waals surface area contributed by atoms with Crippen LogP contribution in [0, 0.1) is 6.92 Å². The standard InChI is InChI=1S/C9H18N3/c1-9-11(4)6-8-12(9)7-5-10(2)3/h6,8H,5,7H2,1-4H3/q+1. The van der Waals surface area contributed by atoms with Crippen molar-refractivity contribution < 1.29 is 4.57 Å². The van der Waals surface area contributed by atoms with Crippen molar-refractivity contribution in [2.75, 3.05) is 20.6 Å². The molecule has 1 aromatic rings. The van der Waals surface area contributed by atoms with Gasteiger partial charge in [0.1, 0.15) is 18.9 Å². The van der Waals surface area contributed by atoms with E-state index in [0.717, 1.165) is 13.1 Å². The smallest absolute Gasteiger partial charge is 0.253 e. The molecule has 1 rings (SSSR count). The summed E-state index contributed by atoms with van der Waals surface area (Å²) in [6.07, 6.45) is 4.21. The maximum absolute atomic E-state index is 2.26. The number of hydrogen-bond acceptors (Lipinski definition) is 1. The van der Waals surface area contributed by atoms with E-state index in [1.165, 1.54) is 5.82 Å². The first kappa shape index (κ1) is 9.26. The zero-order valence-corrected chi connectivity index (χ0v) is 8.41. The summed E-state index contributed by atoms with van der Waals surface area (Å²) in [5.41, 5.74) is 0. The fourth-order valence-corrected chi connectivity index (χ4v) is 1.14. The third kappa shape index (κ3) is 2.08. The summed E-state index contributed by atoms with van der Waals surface area (Å²) in [6.45, 7) is 4.30. The first-order chi connectivity index (χ1) is 5.61. The SMILES string of the molecule is Cc1n(CCN(C)C)cc[n+]1C. The number of hydrogen-bond donors (Lipinski definition) is 0. The van der Waals surface area contributed by atoms with Crippen LogP contribution in [0.2, 0.25) is 0 Å². The molecule has 0 aliphatic heterocycles. The summed E-state index contributed by atoms with van der Waals surface area (Å²) >= 11 is 0. The Morgan fingerprint density at radius 1 is 1.50 bits per heavy atom. The second-order valence-corrected chi connectivity index (χ2v) is 3.45. The second-order valence-electron chi connectivity index (χ2n) is 3.45. The van der Waals surface area contributed by atoms with Gasteiger partial charge in [0.2, 0.25) is 0 Å². The fraction of sp³-hybridized carbons (Fsp3) is 0.667. The number of nitrogens with zero attached hydrogens (tertiary/aromatic N) is 3. The van der Waals surface area contributed by atoms with E-state index >= 15 is 0 Å². The lowest BCUT2D eigenvalue weighted by Crippen LogP contribution is -2.30. The van der Waals surface area contributed by atoms with Crippen LogP contribution in [-0.2, 0) is 13.6 Å². The van der Waals surface area contributed by atoms with E-state index in [1.54, 1.807) is 0 Å². The highest BCUT2D eigenvalue weighted by atomic mass is 15.2. The highest BCUT2D eigenvalue weighted by Crippen LogP contribution is 1.92. The van der Waals surface area contributed by atoms with Gasteiger partial charge < -0.3 is 4.90 Å². The molecule has 0 unspecified atom stereocenters. The number of likely N-dealkylation sites (N-methyl/N-ethyl adjacent to an activating group) is 1. The van der Waals surface area contributed by atoms with Crippen molar-refractivity contribution in [2.45, 2.75) is 13.5 Å². The quantitative estimate of drug-likeness (QED) is 0.586. The van der Waals surface area contributed by atoms with Crippen LogP contribution in [0.15, 0.2) is 12.4 Å². The summed E-state index contributed by atoms with van der Waals surface area (Å²) in [5.74, 6) is 1.30. The Morgan fingerprint density at radius 3 is 2.58 bits per heavy atom. The Hall–Kier alpha value is -0.830. The zero-order chi connectivity index (χ0) is 9.14. The maximum Gasteiger partial charge on any atom is 0.253 e. The Morgan fingerprint density at radius 2 is 2.17 bits per heavy atom. The molecule has 0 saturated heterocycles. The molecule has 0 amide bonds. The largest absolute Gasteiger partial charge is 0.305 e. The Bertz CT molecular complexity index is 250. The van der Waals surface area contributed by atoms with Gasteiger partial charge in [-0.1, -0.05) is 0 Å². The summed E-state index contributed by atoms with van der Waals surface area (Å²) in [5, 5.41) is 0. The van der Waals surface area contributed by atoms with Crippen molar-refractivity contribution in [3.8, 4) is 0 Å². The van der Waals surface area contributed by atoms with E-state index in [1.807, 2.05) is 0 Å². The molecule has 0 aliphatic carbocycles. The molecule has 12 heavy (non-hydrogen) atoms. The third-order valence-corrected chi connectivity index (χ3v) is 2.18. The van der Waals surface area contributed by atoms with E-state index in [4.69, 9.17) is 0 Å². The van der Waals surface area contributed by atoms with Gasteiger partial charge in [0, 0.05) is 13.5 Å². The van der Waals surface area contributed by atoms with Crippen LogP contribution in [0.3, 0.4) is 0 Å². The highest BCUT2D eigenvalue weighted by Gasteiger charge is 2.07. The van der Waals surface area contributed by atoms with Crippen LogP contribution in [-0.4, -0.2) is 30.1 Å². The van der Waals surface area contributed by atoms with Crippen LogP contribution in [0.1, 0.15) is 5.82 Å². The van der Waals surface area contributed by atoms with Crippen LogP contribution in [0.5, 0.6) is 0 Å². The van der Waals surface area contributed by atoms with Crippen LogP contribution >= 0.6 is 0 Å². The van der Waals surface area contributed by atoms with Gasteiger partial charge in [-0.2, -0.15) is 0 Å². The molecule has 68 valence electrons. The molecular formula is C9H18N3+. The number of imidazole rings is 1. The van der Waals surface area contributed by atoms with Crippen LogP contribution in [0.25, 0.3) is 0 Å². The van der Waals surface area contributed by atoms with Gasteiger partial charge in [0.25, 0.3) is 5.82 Å². The van der Waals surface area contributed by atoms with E-state index in [9.17, 15) is 0 Å². The Labute approximate surface area is 74.2 Å². The first-order valence-corrected chi connectivity index (χ1v) is 4.27. The van der Waals surface area contributed by atoms with E-state index in [-0.39, 0.29) is 0 Å². The van der Waals surface area contributed by atoms with Crippen molar-refractivity contribution >= 4 is 0 Å². The van der Waals surface area contributed by atoms with Gasteiger partial charge in [-0.25, -0.2) is 9.13 Å². The van der Waals surface area contributed by atoms with Gasteiger partial charge in [-0.15, -0.1) is 0 Å². The minimum absolute atomic E-state index is 1.07. The average molecular weight is 168 g/mol. The van der Waals surface area contributed by atoms with Gasteiger partial charge in [0.05, 0.1) is 7.05 Å². The lowest BCUT2D eigenvalue weighted by atomic mass is 10.5. The van der Waals surface area contributed by atoms with Crippen molar-refractivity contribution in [3.63, 3.8) is 0 Å². The topological polar surface area (TPSA) is 12.1 Å². The fourth-order valence-electron chi connectivity index (χ4n) is 1.14. The molecule has 3 heteroatoms. The van der Waals surface area contributed by atoms with Gasteiger partial charge in [-0.3, -0.25) is 0 Å². The predicted molar refractivity (Wildman–Crippen MR) is 48.9 cm³/mol. The average Bonchev–Trinajstić information content (AvgIpc) is 2.30. The third-order valence-electron chi connectivity index (χ3n) is 2.18. The summed E-state index contributed by atoms with van der Waals surface area (Å²) in [4.78, 5) is 2.19. The highest BCUT2D eigenvalue weighted by molar-refractivity contribution is 4.79. The molecule has 0 aromatic carbocycles. The molecule has 0 aliphatic rings.